The number of carbonyl (C=O) groups is 2. The number of para-hydroxylation sites is 1. The fourth-order valence-corrected chi connectivity index (χ4v) is 5.73. The zero-order chi connectivity index (χ0) is 17.3. The van der Waals surface area contributed by atoms with E-state index in [0.717, 1.165) is 41.7 Å². The lowest BCUT2D eigenvalue weighted by Crippen LogP contribution is -2.53. The number of anilines is 1. The van der Waals surface area contributed by atoms with Gasteiger partial charge in [-0.1, -0.05) is 18.2 Å². The summed E-state index contributed by atoms with van der Waals surface area (Å²) in [5.74, 6) is 1.38. The summed E-state index contributed by atoms with van der Waals surface area (Å²) in [7, 11) is 1.87. The van der Waals surface area contributed by atoms with E-state index < -0.39 is 5.41 Å². The van der Waals surface area contributed by atoms with E-state index in [0.29, 0.717) is 6.61 Å². The van der Waals surface area contributed by atoms with E-state index >= 15 is 0 Å². The Morgan fingerprint density at radius 3 is 2.96 bits per heavy atom. The van der Waals surface area contributed by atoms with Gasteiger partial charge in [-0.25, -0.2) is 0 Å². The van der Waals surface area contributed by atoms with Gasteiger partial charge in [-0.3, -0.25) is 9.59 Å². The minimum absolute atomic E-state index is 0.0678. The van der Waals surface area contributed by atoms with Crippen LogP contribution in [0.25, 0.3) is 0 Å². The molecule has 5 heteroatoms. The van der Waals surface area contributed by atoms with Crippen molar-refractivity contribution >= 4 is 17.9 Å². The molecule has 2 saturated heterocycles. The van der Waals surface area contributed by atoms with Crippen LogP contribution in [-0.2, 0) is 19.7 Å². The van der Waals surface area contributed by atoms with Crippen LogP contribution in [0.5, 0.6) is 0 Å². The molecule has 4 heterocycles. The molecule has 1 N–H and O–H groups in total. The Kier molecular flexibility index (Phi) is 2.99. The number of amides is 1. The molecule has 0 unspecified atom stereocenters. The summed E-state index contributed by atoms with van der Waals surface area (Å²) in [6.45, 7) is 2.50. The Morgan fingerprint density at radius 2 is 2.16 bits per heavy atom. The van der Waals surface area contributed by atoms with E-state index in [1.54, 1.807) is 4.90 Å². The van der Waals surface area contributed by atoms with Crippen molar-refractivity contribution in [3.63, 3.8) is 0 Å². The summed E-state index contributed by atoms with van der Waals surface area (Å²) in [6, 6.07) is 8.41. The molecule has 1 aromatic rings. The Labute approximate surface area is 147 Å². The van der Waals surface area contributed by atoms with Crippen LogP contribution >= 0.6 is 0 Å². The Morgan fingerprint density at radius 1 is 1.36 bits per heavy atom. The standard InChI is InChI=1S/C20H22N2O3/c1-11-13(9-23)12-7-18-20(8-16(21-18)14(12)10-25-11)15-5-3-4-6-17(15)22(2)19(20)24/h3-6,9,12,14,16,18,21H,7-8,10H2,1-2H3/t12-,14+,16-,18-,20-/m0/s1. The molecule has 0 saturated carbocycles. The third kappa shape index (κ3) is 1.72. The number of fused-ring (bicyclic) bond motifs is 7. The maximum Gasteiger partial charge on any atom is 0.239 e. The largest absolute Gasteiger partial charge is 0.497 e. The van der Waals surface area contributed by atoms with E-state index in [-0.39, 0.29) is 29.8 Å². The second kappa shape index (κ2) is 4.94. The lowest BCUT2D eigenvalue weighted by Gasteiger charge is -2.41. The molecule has 130 valence electrons. The predicted molar refractivity (Wildman–Crippen MR) is 93.2 cm³/mol. The average Bonchev–Trinajstić information content (AvgIpc) is 3.05. The maximum absolute atomic E-state index is 13.3. The third-order valence-electron chi connectivity index (χ3n) is 6.93. The van der Waals surface area contributed by atoms with Crippen LogP contribution in [0.4, 0.5) is 5.69 Å². The van der Waals surface area contributed by atoms with E-state index in [4.69, 9.17) is 4.74 Å². The van der Waals surface area contributed by atoms with Crippen molar-refractivity contribution in [1.29, 1.82) is 0 Å². The topological polar surface area (TPSA) is 58.6 Å². The number of ether oxygens (including phenoxy) is 1. The number of allylic oxidation sites excluding steroid dienone is 2. The minimum atomic E-state index is -0.505. The number of benzene rings is 1. The zero-order valence-electron chi connectivity index (χ0n) is 14.5. The lowest BCUT2D eigenvalue weighted by atomic mass is 9.72. The van der Waals surface area contributed by atoms with Crippen LogP contribution in [0.2, 0.25) is 0 Å². The fraction of sp³-hybridized carbons (Fsp3) is 0.500. The van der Waals surface area contributed by atoms with Gasteiger partial charge in [0.05, 0.1) is 17.8 Å². The van der Waals surface area contributed by atoms with Crippen molar-refractivity contribution in [3.05, 3.63) is 41.2 Å². The highest BCUT2D eigenvalue weighted by molar-refractivity contribution is 6.08. The Balaban J connectivity index is 1.62. The van der Waals surface area contributed by atoms with Gasteiger partial charge in [0, 0.05) is 36.3 Å². The zero-order valence-corrected chi connectivity index (χ0v) is 14.5. The van der Waals surface area contributed by atoms with Gasteiger partial charge >= 0.3 is 0 Å². The highest BCUT2D eigenvalue weighted by Gasteiger charge is 2.63. The highest BCUT2D eigenvalue weighted by atomic mass is 16.5. The Bertz CT molecular complexity index is 817. The van der Waals surface area contributed by atoms with Crippen LogP contribution in [0.1, 0.15) is 25.3 Å². The SMILES string of the molecule is CC1=C(C=O)[C@@H]2C[C@@H]3N[C@@H](C[C@@]34C(=O)N(C)c3ccccc34)[C@@H]2CO1. The van der Waals surface area contributed by atoms with Gasteiger partial charge in [0.2, 0.25) is 5.91 Å². The molecule has 2 bridgehead atoms. The number of aldehydes is 1. The first kappa shape index (κ1) is 15.1. The maximum atomic E-state index is 13.3. The summed E-state index contributed by atoms with van der Waals surface area (Å²) < 4.78 is 5.78. The van der Waals surface area contributed by atoms with Crippen molar-refractivity contribution in [3.8, 4) is 0 Å². The van der Waals surface area contributed by atoms with Crippen molar-refractivity contribution in [2.45, 2.75) is 37.3 Å². The second-order valence-electron chi connectivity index (χ2n) is 7.83. The molecular weight excluding hydrogens is 316 g/mol. The smallest absolute Gasteiger partial charge is 0.239 e. The number of rotatable bonds is 1. The van der Waals surface area contributed by atoms with Gasteiger partial charge in [-0.2, -0.15) is 0 Å². The monoisotopic (exact) mass is 338 g/mol. The van der Waals surface area contributed by atoms with E-state index in [9.17, 15) is 9.59 Å². The number of hydrogen-bond donors (Lipinski definition) is 1. The number of hydrogen-bond acceptors (Lipinski definition) is 4. The molecule has 5 rings (SSSR count). The van der Waals surface area contributed by atoms with E-state index in [1.165, 1.54) is 0 Å². The summed E-state index contributed by atoms with van der Waals surface area (Å²) in [5, 5.41) is 3.71. The summed E-state index contributed by atoms with van der Waals surface area (Å²) in [6.07, 6.45) is 2.55. The molecule has 0 radical (unpaired) electrons. The van der Waals surface area contributed by atoms with Crippen LogP contribution < -0.4 is 10.2 Å². The van der Waals surface area contributed by atoms with Crippen molar-refractivity contribution in [2.24, 2.45) is 11.8 Å². The molecule has 2 fully saturated rings. The fourth-order valence-electron chi connectivity index (χ4n) is 5.73. The van der Waals surface area contributed by atoms with Gasteiger partial charge in [-0.05, 0) is 37.3 Å². The molecule has 4 aliphatic heterocycles. The molecule has 0 aliphatic carbocycles. The molecule has 5 atom stereocenters. The van der Waals surface area contributed by atoms with Crippen LogP contribution in [-0.4, -0.2) is 37.9 Å². The first-order valence-electron chi connectivity index (χ1n) is 9.00. The van der Waals surface area contributed by atoms with Crippen LogP contribution in [0.3, 0.4) is 0 Å². The van der Waals surface area contributed by atoms with Crippen molar-refractivity contribution in [2.75, 3.05) is 18.6 Å². The van der Waals surface area contributed by atoms with Gasteiger partial charge in [0.1, 0.15) is 6.29 Å². The molecule has 4 aliphatic rings. The summed E-state index contributed by atoms with van der Waals surface area (Å²) in [5.41, 5.74) is 2.44. The number of nitrogens with zero attached hydrogens (tertiary/aromatic N) is 1. The summed E-state index contributed by atoms with van der Waals surface area (Å²) in [4.78, 5) is 26.8. The Hall–Kier alpha value is -2.14. The lowest BCUT2D eigenvalue weighted by molar-refractivity contribution is -0.123. The quantitative estimate of drug-likeness (QED) is 0.793. The molecular formula is C20H22N2O3. The molecule has 1 aromatic carbocycles. The van der Waals surface area contributed by atoms with Crippen LogP contribution in [0.15, 0.2) is 35.6 Å². The number of likely N-dealkylation sites (N-methyl/N-ethyl adjacent to an activating group) is 1. The average molecular weight is 338 g/mol. The third-order valence-corrected chi connectivity index (χ3v) is 6.93. The summed E-state index contributed by atoms with van der Waals surface area (Å²) >= 11 is 0. The van der Waals surface area contributed by atoms with E-state index in [2.05, 4.69) is 11.4 Å². The highest BCUT2D eigenvalue weighted by Crippen LogP contribution is 2.55. The first-order chi connectivity index (χ1) is 12.1. The van der Waals surface area contributed by atoms with Gasteiger partial charge in [0.15, 0.2) is 0 Å². The van der Waals surface area contributed by atoms with Crippen molar-refractivity contribution in [1.82, 2.24) is 5.32 Å². The first-order valence-corrected chi connectivity index (χ1v) is 9.00. The number of piperidine rings is 1. The van der Waals surface area contributed by atoms with Gasteiger partial charge in [0.25, 0.3) is 0 Å². The van der Waals surface area contributed by atoms with Gasteiger partial charge < -0.3 is 15.0 Å². The molecule has 25 heavy (non-hydrogen) atoms. The molecule has 1 spiro atoms. The van der Waals surface area contributed by atoms with Crippen molar-refractivity contribution < 1.29 is 14.3 Å². The molecule has 5 nitrogen and oxygen atoms in total. The number of carbonyl (C=O) groups excluding carboxylic acids is 2. The van der Waals surface area contributed by atoms with Gasteiger partial charge in [-0.15, -0.1) is 0 Å². The normalized spacial score (nSPS) is 38.6. The molecule has 0 aromatic heterocycles. The predicted octanol–water partition coefficient (Wildman–Crippen LogP) is 1.77. The van der Waals surface area contributed by atoms with E-state index in [1.807, 2.05) is 32.2 Å². The van der Waals surface area contributed by atoms with Crippen LogP contribution in [0, 0.1) is 11.8 Å². The minimum Gasteiger partial charge on any atom is -0.497 e. The second-order valence-corrected chi connectivity index (χ2v) is 7.83. The number of nitrogens with one attached hydrogen (secondary N) is 1. The molecule has 1 amide bonds.